The molecule has 0 unspecified atom stereocenters. The minimum atomic E-state index is -0.143. The van der Waals surface area contributed by atoms with Crippen molar-refractivity contribution in [1.29, 1.82) is 0 Å². The van der Waals surface area contributed by atoms with Crippen molar-refractivity contribution in [1.82, 2.24) is 0 Å². The van der Waals surface area contributed by atoms with Gasteiger partial charge in [-0.1, -0.05) is 57.5 Å². The molecule has 0 bridgehead atoms. The molecular formula is C17H26ClN. The van der Waals surface area contributed by atoms with Crippen LogP contribution < -0.4 is 5.73 Å². The molecule has 1 aromatic carbocycles. The Kier molecular flexibility index (Phi) is 3.75. The largest absolute Gasteiger partial charge is 0.325 e. The Hall–Kier alpha value is -0.530. The van der Waals surface area contributed by atoms with Crippen LogP contribution in [0, 0.1) is 10.8 Å². The maximum Gasteiger partial charge on any atom is 0.0438 e. The van der Waals surface area contributed by atoms with E-state index in [1.165, 1.54) is 12.0 Å². The molecule has 1 aliphatic rings. The molecule has 0 aromatic heterocycles. The molecule has 2 N–H and O–H groups in total. The normalized spacial score (nSPS) is 24.1. The van der Waals surface area contributed by atoms with E-state index < -0.39 is 0 Å². The van der Waals surface area contributed by atoms with Crippen LogP contribution in [0.2, 0.25) is 5.02 Å². The number of benzene rings is 1. The Morgan fingerprint density at radius 1 is 1.00 bits per heavy atom. The highest BCUT2D eigenvalue weighted by atomic mass is 35.5. The van der Waals surface area contributed by atoms with Crippen molar-refractivity contribution >= 4 is 11.6 Å². The highest BCUT2D eigenvalue weighted by molar-refractivity contribution is 6.31. The van der Waals surface area contributed by atoms with E-state index in [0.717, 1.165) is 24.3 Å². The fraction of sp³-hybridized carbons (Fsp3) is 0.647. The molecule has 0 heterocycles. The molecule has 1 aliphatic carbocycles. The lowest BCUT2D eigenvalue weighted by molar-refractivity contribution is 0.0487. The van der Waals surface area contributed by atoms with Gasteiger partial charge in [-0.25, -0.2) is 0 Å². The van der Waals surface area contributed by atoms with E-state index in [1.807, 2.05) is 18.2 Å². The van der Waals surface area contributed by atoms with Crippen molar-refractivity contribution in [3.63, 3.8) is 0 Å². The van der Waals surface area contributed by atoms with E-state index in [-0.39, 0.29) is 5.54 Å². The van der Waals surface area contributed by atoms with Crippen molar-refractivity contribution in [2.75, 3.05) is 0 Å². The van der Waals surface area contributed by atoms with Crippen LogP contribution in [0.5, 0.6) is 0 Å². The zero-order chi connectivity index (χ0) is 14.3. The second kappa shape index (κ2) is 4.79. The third kappa shape index (κ3) is 3.73. The fourth-order valence-corrected chi connectivity index (χ4v) is 4.74. The molecule has 1 aromatic rings. The quantitative estimate of drug-likeness (QED) is 0.825. The van der Waals surface area contributed by atoms with Gasteiger partial charge in [0.25, 0.3) is 0 Å². The molecule has 0 atom stereocenters. The van der Waals surface area contributed by atoms with E-state index in [4.69, 9.17) is 17.3 Å². The Bertz CT molecular complexity index is 446. The second-order valence-electron chi connectivity index (χ2n) is 7.99. The summed E-state index contributed by atoms with van der Waals surface area (Å²) >= 11 is 6.29. The van der Waals surface area contributed by atoms with Crippen LogP contribution in [0.4, 0.5) is 0 Å². The third-order valence-electron chi connectivity index (χ3n) is 4.12. The zero-order valence-electron chi connectivity index (χ0n) is 12.6. The third-order valence-corrected chi connectivity index (χ3v) is 4.49. The van der Waals surface area contributed by atoms with Crippen LogP contribution in [-0.2, 0) is 6.42 Å². The summed E-state index contributed by atoms with van der Waals surface area (Å²) < 4.78 is 0. The first-order valence-corrected chi connectivity index (χ1v) is 7.51. The van der Waals surface area contributed by atoms with Gasteiger partial charge < -0.3 is 5.73 Å². The lowest BCUT2D eigenvalue weighted by Gasteiger charge is -2.50. The highest BCUT2D eigenvalue weighted by Crippen LogP contribution is 2.50. The van der Waals surface area contributed by atoms with Crippen LogP contribution in [0.25, 0.3) is 0 Å². The Morgan fingerprint density at radius 3 is 2.05 bits per heavy atom. The summed E-state index contributed by atoms with van der Waals surface area (Å²) in [4.78, 5) is 0. The van der Waals surface area contributed by atoms with Crippen molar-refractivity contribution in [2.45, 2.75) is 58.9 Å². The van der Waals surface area contributed by atoms with Gasteiger partial charge in [0.1, 0.15) is 0 Å². The van der Waals surface area contributed by atoms with Crippen LogP contribution in [0.15, 0.2) is 24.3 Å². The van der Waals surface area contributed by atoms with E-state index in [9.17, 15) is 0 Å². The molecule has 0 saturated heterocycles. The molecule has 2 rings (SSSR count). The van der Waals surface area contributed by atoms with Gasteiger partial charge in [-0.15, -0.1) is 0 Å². The van der Waals surface area contributed by atoms with E-state index in [2.05, 4.69) is 33.8 Å². The van der Waals surface area contributed by atoms with Gasteiger partial charge in [0, 0.05) is 10.6 Å². The van der Waals surface area contributed by atoms with Crippen LogP contribution in [0.3, 0.4) is 0 Å². The number of hydrogen-bond acceptors (Lipinski definition) is 1. The second-order valence-corrected chi connectivity index (χ2v) is 8.40. The summed E-state index contributed by atoms with van der Waals surface area (Å²) in [6, 6.07) is 8.08. The Morgan fingerprint density at radius 2 is 1.53 bits per heavy atom. The minimum absolute atomic E-state index is 0.143. The number of nitrogens with two attached hydrogens (primary N) is 1. The van der Waals surface area contributed by atoms with Crippen molar-refractivity contribution < 1.29 is 0 Å². The standard InChI is InChI=1S/C17H26ClN/c1-15(2)10-16(3,4)12-17(19,11-15)9-13-7-5-6-8-14(13)18/h5-8H,9-12,19H2,1-4H3. The van der Waals surface area contributed by atoms with Crippen molar-refractivity contribution in [2.24, 2.45) is 16.6 Å². The molecular weight excluding hydrogens is 254 g/mol. The minimum Gasteiger partial charge on any atom is -0.325 e. The van der Waals surface area contributed by atoms with Crippen LogP contribution in [-0.4, -0.2) is 5.54 Å². The summed E-state index contributed by atoms with van der Waals surface area (Å²) in [5.41, 5.74) is 8.40. The molecule has 1 saturated carbocycles. The first-order chi connectivity index (χ1) is 8.61. The van der Waals surface area contributed by atoms with E-state index in [1.54, 1.807) is 0 Å². The molecule has 0 spiro atoms. The smallest absolute Gasteiger partial charge is 0.0438 e. The molecule has 0 radical (unpaired) electrons. The van der Waals surface area contributed by atoms with E-state index >= 15 is 0 Å². The monoisotopic (exact) mass is 279 g/mol. The molecule has 1 fully saturated rings. The molecule has 1 nitrogen and oxygen atoms in total. The molecule has 106 valence electrons. The topological polar surface area (TPSA) is 26.0 Å². The SMILES string of the molecule is CC1(C)CC(C)(C)CC(N)(Cc2ccccc2Cl)C1. The van der Waals surface area contributed by atoms with Gasteiger partial charge in [-0.2, -0.15) is 0 Å². The average Bonchev–Trinajstić information content (AvgIpc) is 2.15. The number of hydrogen-bond donors (Lipinski definition) is 1. The summed E-state index contributed by atoms with van der Waals surface area (Å²) in [6.45, 7) is 9.34. The Labute approximate surface area is 122 Å². The first-order valence-electron chi connectivity index (χ1n) is 7.13. The fourth-order valence-electron chi connectivity index (χ4n) is 4.54. The predicted octanol–water partition coefficient (Wildman–Crippen LogP) is 4.82. The van der Waals surface area contributed by atoms with Crippen LogP contribution in [0.1, 0.15) is 52.5 Å². The molecule has 0 amide bonds. The van der Waals surface area contributed by atoms with Gasteiger partial charge in [-0.3, -0.25) is 0 Å². The summed E-state index contributed by atoms with van der Waals surface area (Å²) in [5, 5.41) is 0.841. The molecule has 19 heavy (non-hydrogen) atoms. The van der Waals surface area contributed by atoms with Gasteiger partial charge in [0.05, 0.1) is 0 Å². The van der Waals surface area contributed by atoms with Gasteiger partial charge in [0.15, 0.2) is 0 Å². The van der Waals surface area contributed by atoms with Gasteiger partial charge in [-0.05, 0) is 48.1 Å². The summed E-state index contributed by atoms with van der Waals surface area (Å²) in [5.74, 6) is 0. The Balaban J connectivity index is 2.25. The van der Waals surface area contributed by atoms with Crippen molar-refractivity contribution in [3.05, 3.63) is 34.9 Å². The maximum atomic E-state index is 6.75. The van der Waals surface area contributed by atoms with Crippen LogP contribution >= 0.6 is 11.6 Å². The van der Waals surface area contributed by atoms with Crippen molar-refractivity contribution in [3.8, 4) is 0 Å². The average molecular weight is 280 g/mol. The maximum absolute atomic E-state index is 6.75. The van der Waals surface area contributed by atoms with E-state index in [0.29, 0.717) is 10.8 Å². The van der Waals surface area contributed by atoms with Gasteiger partial charge in [0.2, 0.25) is 0 Å². The number of halogens is 1. The highest BCUT2D eigenvalue weighted by Gasteiger charge is 2.45. The summed E-state index contributed by atoms with van der Waals surface area (Å²) in [7, 11) is 0. The number of rotatable bonds is 2. The first kappa shape index (κ1) is 14.9. The zero-order valence-corrected chi connectivity index (χ0v) is 13.3. The lowest BCUT2D eigenvalue weighted by Crippen LogP contribution is -2.53. The summed E-state index contributed by atoms with van der Waals surface area (Å²) in [6.07, 6.45) is 4.24. The molecule has 0 aliphatic heterocycles. The lowest BCUT2D eigenvalue weighted by atomic mass is 9.57. The predicted molar refractivity (Wildman–Crippen MR) is 83.5 cm³/mol. The van der Waals surface area contributed by atoms with Gasteiger partial charge >= 0.3 is 0 Å². The molecule has 2 heteroatoms.